The highest BCUT2D eigenvalue weighted by Crippen LogP contribution is 2.22. The van der Waals surface area contributed by atoms with E-state index in [9.17, 15) is 14.0 Å². The SMILES string of the molecule is CCc1ccc(NC(=O)c2ccc(F)cc2)cc1NC(=O)CCN. The van der Waals surface area contributed by atoms with Crippen LogP contribution in [-0.2, 0) is 11.2 Å². The lowest BCUT2D eigenvalue weighted by Gasteiger charge is -2.13. The van der Waals surface area contributed by atoms with Gasteiger partial charge in [-0.3, -0.25) is 9.59 Å². The van der Waals surface area contributed by atoms with E-state index in [-0.39, 0.29) is 24.8 Å². The van der Waals surface area contributed by atoms with Gasteiger partial charge >= 0.3 is 0 Å². The van der Waals surface area contributed by atoms with Gasteiger partial charge in [0.25, 0.3) is 5.91 Å². The fourth-order valence-electron chi connectivity index (χ4n) is 2.23. The molecule has 2 amide bonds. The van der Waals surface area contributed by atoms with Gasteiger partial charge in [-0.25, -0.2) is 4.39 Å². The van der Waals surface area contributed by atoms with Crippen LogP contribution in [0.1, 0.15) is 29.3 Å². The molecule has 2 rings (SSSR count). The Bertz CT molecular complexity index is 730. The second kappa shape index (κ2) is 8.21. The summed E-state index contributed by atoms with van der Waals surface area (Å²) in [4.78, 5) is 23.9. The van der Waals surface area contributed by atoms with Gasteiger partial charge in [-0.2, -0.15) is 0 Å². The molecule has 0 spiro atoms. The Kier molecular flexibility index (Phi) is 6.03. The number of carbonyl (C=O) groups is 2. The van der Waals surface area contributed by atoms with Crippen molar-refractivity contribution < 1.29 is 14.0 Å². The van der Waals surface area contributed by atoms with Crippen molar-refractivity contribution in [2.24, 2.45) is 5.73 Å². The maximum Gasteiger partial charge on any atom is 0.255 e. The second-order valence-corrected chi connectivity index (χ2v) is 5.27. The highest BCUT2D eigenvalue weighted by molar-refractivity contribution is 6.04. The summed E-state index contributed by atoms with van der Waals surface area (Å²) >= 11 is 0. The van der Waals surface area contributed by atoms with Crippen molar-refractivity contribution in [3.63, 3.8) is 0 Å². The molecule has 24 heavy (non-hydrogen) atoms. The minimum Gasteiger partial charge on any atom is -0.330 e. The highest BCUT2D eigenvalue weighted by atomic mass is 19.1. The van der Waals surface area contributed by atoms with Crippen LogP contribution in [0.4, 0.5) is 15.8 Å². The number of anilines is 2. The van der Waals surface area contributed by atoms with E-state index in [2.05, 4.69) is 10.6 Å². The molecule has 4 N–H and O–H groups in total. The van der Waals surface area contributed by atoms with Crippen LogP contribution in [0.2, 0.25) is 0 Å². The lowest BCUT2D eigenvalue weighted by atomic mass is 10.1. The van der Waals surface area contributed by atoms with E-state index in [1.54, 1.807) is 12.1 Å². The van der Waals surface area contributed by atoms with Crippen molar-refractivity contribution in [1.29, 1.82) is 0 Å². The van der Waals surface area contributed by atoms with Gasteiger partial charge < -0.3 is 16.4 Å². The lowest BCUT2D eigenvalue weighted by molar-refractivity contribution is -0.116. The summed E-state index contributed by atoms with van der Waals surface area (Å²) in [5, 5.41) is 5.54. The van der Waals surface area contributed by atoms with Gasteiger partial charge in [-0.15, -0.1) is 0 Å². The van der Waals surface area contributed by atoms with Gasteiger partial charge in [0, 0.05) is 29.9 Å². The van der Waals surface area contributed by atoms with Gasteiger partial charge in [0.15, 0.2) is 0 Å². The average Bonchev–Trinajstić information content (AvgIpc) is 2.56. The molecule has 0 fully saturated rings. The van der Waals surface area contributed by atoms with E-state index in [1.807, 2.05) is 13.0 Å². The van der Waals surface area contributed by atoms with Crippen LogP contribution in [0.5, 0.6) is 0 Å². The summed E-state index contributed by atoms with van der Waals surface area (Å²) in [6.07, 6.45) is 0.972. The van der Waals surface area contributed by atoms with Crippen LogP contribution < -0.4 is 16.4 Å². The van der Waals surface area contributed by atoms with Crippen molar-refractivity contribution in [1.82, 2.24) is 0 Å². The van der Waals surface area contributed by atoms with Crippen LogP contribution in [-0.4, -0.2) is 18.4 Å². The Hall–Kier alpha value is -2.73. The fourth-order valence-corrected chi connectivity index (χ4v) is 2.23. The highest BCUT2D eigenvalue weighted by Gasteiger charge is 2.10. The Balaban J connectivity index is 2.16. The van der Waals surface area contributed by atoms with Crippen LogP contribution in [0.3, 0.4) is 0 Å². The number of halogens is 1. The minimum absolute atomic E-state index is 0.172. The van der Waals surface area contributed by atoms with E-state index in [1.165, 1.54) is 24.3 Å². The molecule has 2 aromatic rings. The molecule has 0 radical (unpaired) electrons. The molecule has 0 unspecified atom stereocenters. The van der Waals surface area contributed by atoms with Gasteiger partial charge in [0.2, 0.25) is 5.91 Å². The zero-order valence-electron chi connectivity index (χ0n) is 13.4. The minimum atomic E-state index is -0.399. The molecule has 0 heterocycles. The maximum absolute atomic E-state index is 12.9. The molecule has 6 heteroatoms. The van der Waals surface area contributed by atoms with E-state index >= 15 is 0 Å². The molecule has 0 bridgehead atoms. The number of rotatable bonds is 6. The molecule has 0 atom stereocenters. The average molecular weight is 329 g/mol. The fraction of sp³-hybridized carbons (Fsp3) is 0.222. The summed E-state index contributed by atoms with van der Waals surface area (Å²) in [7, 11) is 0. The monoisotopic (exact) mass is 329 g/mol. The lowest BCUT2D eigenvalue weighted by Crippen LogP contribution is -2.17. The smallest absolute Gasteiger partial charge is 0.255 e. The molecule has 0 aliphatic rings. The number of amides is 2. The Labute approximate surface area is 140 Å². The van der Waals surface area contributed by atoms with Crippen molar-refractivity contribution in [2.75, 3.05) is 17.2 Å². The van der Waals surface area contributed by atoms with E-state index < -0.39 is 5.82 Å². The van der Waals surface area contributed by atoms with Crippen LogP contribution >= 0.6 is 0 Å². The summed E-state index contributed by atoms with van der Waals surface area (Å²) < 4.78 is 12.9. The Morgan fingerprint density at radius 2 is 1.79 bits per heavy atom. The standard InChI is InChI=1S/C18H20FN3O2/c1-2-12-5-8-15(11-16(12)22-17(23)9-10-20)21-18(24)13-3-6-14(19)7-4-13/h3-8,11H,2,9-10,20H2,1H3,(H,21,24)(H,22,23). The van der Waals surface area contributed by atoms with Crippen LogP contribution in [0.25, 0.3) is 0 Å². The summed E-state index contributed by atoms with van der Waals surface area (Å²) in [5.41, 5.74) is 7.88. The molecule has 0 saturated carbocycles. The van der Waals surface area contributed by atoms with Crippen molar-refractivity contribution >= 4 is 23.2 Å². The Morgan fingerprint density at radius 1 is 1.08 bits per heavy atom. The normalized spacial score (nSPS) is 10.3. The number of hydrogen-bond donors (Lipinski definition) is 3. The van der Waals surface area contributed by atoms with Crippen LogP contribution in [0, 0.1) is 5.82 Å². The third-order valence-corrected chi connectivity index (χ3v) is 3.50. The summed E-state index contributed by atoms with van der Waals surface area (Å²) in [6, 6.07) is 10.6. The van der Waals surface area contributed by atoms with Gasteiger partial charge in [-0.1, -0.05) is 13.0 Å². The second-order valence-electron chi connectivity index (χ2n) is 5.27. The van der Waals surface area contributed by atoms with Gasteiger partial charge in [0.1, 0.15) is 5.82 Å². The summed E-state index contributed by atoms with van der Waals surface area (Å²) in [6.45, 7) is 2.25. The topological polar surface area (TPSA) is 84.2 Å². The molecule has 2 aromatic carbocycles. The maximum atomic E-state index is 12.9. The molecule has 0 aliphatic carbocycles. The van der Waals surface area contributed by atoms with Crippen molar-refractivity contribution in [3.05, 3.63) is 59.4 Å². The first-order valence-electron chi connectivity index (χ1n) is 7.73. The van der Waals surface area contributed by atoms with Crippen molar-refractivity contribution in [2.45, 2.75) is 19.8 Å². The molecule has 126 valence electrons. The summed E-state index contributed by atoms with van der Waals surface area (Å²) in [5.74, 6) is -0.920. The number of nitrogens with two attached hydrogens (primary N) is 1. The van der Waals surface area contributed by atoms with Gasteiger partial charge in [-0.05, 0) is 48.4 Å². The Morgan fingerprint density at radius 3 is 2.42 bits per heavy atom. The number of nitrogens with one attached hydrogen (secondary N) is 2. The number of hydrogen-bond acceptors (Lipinski definition) is 3. The predicted octanol–water partition coefficient (Wildman–Crippen LogP) is 2.93. The third kappa shape index (κ3) is 4.63. The predicted molar refractivity (Wildman–Crippen MR) is 92.5 cm³/mol. The van der Waals surface area contributed by atoms with Crippen LogP contribution in [0.15, 0.2) is 42.5 Å². The first-order chi connectivity index (χ1) is 11.5. The molecule has 0 aliphatic heterocycles. The molecule has 5 nitrogen and oxygen atoms in total. The first kappa shape index (κ1) is 17.6. The van der Waals surface area contributed by atoms with E-state index in [0.717, 1.165) is 12.0 Å². The molecule has 0 saturated heterocycles. The molecule has 0 aromatic heterocycles. The van der Waals surface area contributed by atoms with Gasteiger partial charge in [0.05, 0.1) is 0 Å². The number of benzene rings is 2. The number of aryl methyl sites for hydroxylation is 1. The molecular formula is C18H20FN3O2. The molecular weight excluding hydrogens is 309 g/mol. The largest absolute Gasteiger partial charge is 0.330 e. The quantitative estimate of drug-likeness (QED) is 0.762. The van der Waals surface area contributed by atoms with Crippen molar-refractivity contribution in [3.8, 4) is 0 Å². The zero-order valence-corrected chi connectivity index (χ0v) is 13.4. The van der Waals surface area contributed by atoms with E-state index in [0.29, 0.717) is 16.9 Å². The number of carbonyl (C=O) groups excluding carboxylic acids is 2. The third-order valence-electron chi connectivity index (χ3n) is 3.50. The first-order valence-corrected chi connectivity index (χ1v) is 7.73. The van der Waals surface area contributed by atoms with E-state index in [4.69, 9.17) is 5.73 Å². The zero-order chi connectivity index (χ0) is 17.5.